The number of aromatic carboxylic acids is 1. The maximum atomic E-state index is 11.5. The zero-order valence-electron chi connectivity index (χ0n) is 15.3. The monoisotopic (exact) mass is 378 g/mol. The van der Waals surface area contributed by atoms with Gasteiger partial charge in [0.15, 0.2) is 0 Å². The molecule has 4 rings (SSSR count). The molecule has 1 aliphatic carbocycles. The molecule has 3 aromatic rings. The third-order valence-electron chi connectivity index (χ3n) is 5.13. The zero-order chi connectivity index (χ0) is 19.5. The fourth-order valence-corrected chi connectivity index (χ4v) is 3.64. The summed E-state index contributed by atoms with van der Waals surface area (Å²) in [6, 6.07) is 13.4. The van der Waals surface area contributed by atoms with Gasteiger partial charge >= 0.3 is 5.97 Å². The molecule has 144 valence electrons. The van der Waals surface area contributed by atoms with Gasteiger partial charge in [-0.1, -0.05) is 30.3 Å². The number of anilines is 2. The van der Waals surface area contributed by atoms with Gasteiger partial charge < -0.3 is 15.5 Å². The number of carbonyl (C=O) groups is 1. The van der Waals surface area contributed by atoms with Crippen LogP contribution in [0.2, 0.25) is 0 Å². The van der Waals surface area contributed by atoms with E-state index in [9.17, 15) is 15.0 Å². The van der Waals surface area contributed by atoms with E-state index in [1.165, 1.54) is 18.5 Å². The van der Waals surface area contributed by atoms with E-state index in [-0.39, 0.29) is 17.7 Å². The van der Waals surface area contributed by atoms with E-state index in [2.05, 4.69) is 10.3 Å². The molecule has 1 aliphatic rings. The smallest absolute Gasteiger partial charge is 0.337 e. The van der Waals surface area contributed by atoms with Crippen LogP contribution in [-0.4, -0.2) is 37.1 Å². The van der Waals surface area contributed by atoms with Crippen LogP contribution in [0.1, 0.15) is 42.1 Å². The molecule has 0 atom stereocenters. The second kappa shape index (κ2) is 7.82. The highest BCUT2D eigenvalue weighted by atomic mass is 16.4. The standard InChI is InChI=1S/C21H22N4O3/c26-16-8-6-15(7-9-16)25-20(12-18(24-25)14-4-2-1-3-5-14)23-19-13-22-11-10-17(19)21(27)28/h1-5,10-13,15-16,23,26H,6-9H2,(H,27,28). The molecule has 0 spiro atoms. The van der Waals surface area contributed by atoms with Crippen molar-refractivity contribution in [2.45, 2.75) is 37.8 Å². The maximum Gasteiger partial charge on any atom is 0.337 e. The maximum absolute atomic E-state index is 11.5. The van der Waals surface area contributed by atoms with Crippen molar-refractivity contribution in [1.82, 2.24) is 14.8 Å². The predicted molar refractivity (Wildman–Crippen MR) is 106 cm³/mol. The third-order valence-corrected chi connectivity index (χ3v) is 5.13. The first kappa shape index (κ1) is 18.2. The fraction of sp³-hybridized carbons (Fsp3) is 0.286. The average molecular weight is 378 g/mol. The van der Waals surface area contributed by atoms with Crippen LogP contribution in [-0.2, 0) is 0 Å². The number of rotatable bonds is 5. The topological polar surface area (TPSA) is 100 Å². The Bertz CT molecular complexity index is 963. The SMILES string of the molecule is O=C(O)c1ccncc1Nc1cc(-c2ccccc2)nn1C1CCC(O)CC1. The van der Waals surface area contributed by atoms with Gasteiger partial charge in [0.1, 0.15) is 5.82 Å². The number of hydrogen-bond acceptors (Lipinski definition) is 5. The summed E-state index contributed by atoms with van der Waals surface area (Å²) in [5.74, 6) is -0.296. The molecule has 2 aromatic heterocycles. The molecule has 0 aliphatic heterocycles. The summed E-state index contributed by atoms with van der Waals surface area (Å²) in [5.41, 5.74) is 2.38. The molecule has 2 heterocycles. The Balaban J connectivity index is 1.72. The number of aromatic nitrogens is 3. The molecule has 28 heavy (non-hydrogen) atoms. The van der Waals surface area contributed by atoms with Gasteiger partial charge in [-0.25, -0.2) is 9.48 Å². The Morgan fingerprint density at radius 1 is 1.11 bits per heavy atom. The van der Waals surface area contributed by atoms with Crippen molar-refractivity contribution in [3.05, 3.63) is 60.4 Å². The van der Waals surface area contributed by atoms with Crippen LogP contribution >= 0.6 is 0 Å². The van der Waals surface area contributed by atoms with Crippen molar-refractivity contribution >= 4 is 17.5 Å². The van der Waals surface area contributed by atoms with E-state index in [1.54, 1.807) is 0 Å². The Labute approximate surface area is 162 Å². The second-order valence-electron chi connectivity index (χ2n) is 7.04. The van der Waals surface area contributed by atoms with Gasteiger partial charge in [-0.3, -0.25) is 4.98 Å². The molecule has 0 unspecified atom stereocenters. The highest BCUT2D eigenvalue weighted by Gasteiger charge is 2.25. The number of nitrogens with one attached hydrogen (secondary N) is 1. The van der Waals surface area contributed by atoms with Crippen LogP contribution in [0.5, 0.6) is 0 Å². The molecule has 1 saturated carbocycles. The number of hydrogen-bond donors (Lipinski definition) is 3. The first-order valence-electron chi connectivity index (χ1n) is 9.39. The zero-order valence-corrected chi connectivity index (χ0v) is 15.3. The lowest BCUT2D eigenvalue weighted by Gasteiger charge is -2.27. The lowest BCUT2D eigenvalue weighted by molar-refractivity contribution is 0.0697. The first-order chi connectivity index (χ1) is 13.6. The Kier molecular flexibility index (Phi) is 5.08. The number of pyridine rings is 1. The Morgan fingerprint density at radius 2 is 1.86 bits per heavy atom. The lowest BCUT2D eigenvalue weighted by Crippen LogP contribution is -2.22. The summed E-state index contributed by atoms with van der Waals surface area (Å²) in [5, 5.41) is 27.3. The summed E-state index contributed by atoms with van der Waals surface area (Å²) >= 11 is 0. The number of nitrogens with zero attached hydrogens (tertiary/aromatic N) is 3. The molecule has 7 nitrogen and oxygen atoms in total. The molecule has 1 fully saturated rings. The van der Waals surface area contributed by atoms with Crippen molar-refractivity contribution in [1.29, 1.82) is 0 Å². The van der Waals surface area contributed by atoms with Crippen molar-refractivity contribution in [3.8, 4) is 11.3 Å². The normalized spacial score (nSPS) is 19.3. The molecular weight excluding hydrogens is 356 g/mol. The van der Waals surface area contributed by atoms with E-state index < -0.39 is 5.97 Å². The third kappa shape index (κ3) is 3.75. The molecule has 0 amide bonds. The van der Waals surface area contributed by atoms with Gasteiger partial charge in [0.2, 0.25) is 0 Å². The number of aliphatic hydroxyl groups excluding tert-OH is 1. The van der Waals surface area contributed by atoms with Crippen molar-refractivity contribution in [3.63, 3.8) is 0 Å². The Hall–Kier alpha value is -3.19. The number of carboxylic acid groups (broad SMARTS) is 1. The van der Waals surface area contributed by atoms with Gasteiger partial charge in [-0.15, -0.1) is 0 Å². The van der Waals surface area contributed by atoms with Gasteiger partial charge in [0.25, 0.3) is 0 Å². The molecule has 7 heteroatoms. The van der Waals surface area contributed by atoms with E-state index in [0.29, 0.717) is 5.69 Å². The molecule has 0 saturated heterocycles. The van der Waals surface area contributed by atoms with E-state index >= 15 is 0 Å². The number of benzene rings is 1. The van der Waals surface area contributed by atoms with Crippen LogP contribution in [0.15, 0.2) is 54.9 Å². The summed E-state index contributed by atoms with van der Waals surface area (Å²) < 4.78 is 1.92. The minimum atomic E-state index is -1.01. The highest BCUT2D eigenvalue weighted by Crippen LogP contribution is 2.34. The molecule has 0 radical (unpaired) electrons. The van der Waals surface area contributed by atoms with Gasteiger partial charge in [0.05, 0.1) is 35.3 Å². The molecule has 1 aromatic carbocycles. The van der Waals surface area contributed by atoms with Crippen LogP contribution in [0.3, 0.4) is 0 Å². The molecule has 3 N–H and O–H groups in total. The quantitative estimate of drug-likeness (QED) is 0.623. The van der Waals surface area contributed by atoms with Gasteiger partial charge in [-0.05, 0) is 31.7 Å². The minimum absolute atomic E-state index is 0.147. The second-order valence-corrected chi connectivity index (χ2v) is 7.04. The molecule has 0 bridgehead atoms. The van der Waals surface area contributed by atoms with Crippen molar-refractivity contribution in [2.24, 2.45) is 0 Å². The summed E-state index contributed by atoms with van der Waals surface area (Å²) in [6.45, 7) is 0. The van der Waals surface area contributed by atoms with E-state index in [1.807, 2.05) is 41.1 Å². The Morgan fingerprint density at radius 3 is 2.57 bits per heavy atom. The molecular formula is C21H22N4O3. The van der Waals surface area contributed by atoms with Crippen LogP contribution in [0.4, 0.5) is 11.5 Å². The van der Waals surface area contributed by atoms with Gasteiger partial charge in [-0.2, -0.15) is 5.10 Å². The summed E-state index contributed by atoms with van der Waals surface area (Å²) in [7, 11) is 0. The summed E-state index contributed by atoms with van der Waals surface area (Å²) in [6.07, 6.45) is 5.83. The average Bonchev–Trinajstić information content (AvgIpc) is 3.13. The van der Waals surface area contributed by atoms with Crippen LogP contribution < -0.4 is 5.32 Å². The number of carboxylic acids is 1. The predicted octanol–water partition coefficient (Wildman–Crippen LogP) is 3.86. The van der Waals surface area contributed by atoms with E-state index in [0.717, 1.165) is 42.8 Å². The first-order valence-corrected chi connectivity index (χ1v) is 9.39. The largest absolute Gasteiger partial charge is 0.478 e. The van der Waals surface area contributed by atoms with Crippen LogP contribution in [0.25, 0.3) is 11.3 Å². The highest BCUT2D eigenvalue weighted by molar-refractivity contribution is 5.94. The van der Waals surface area contributed by atoms with Gasteiger partial charge in [0, 0.05) is 17.8 Å². The number of aliphatic hydroxyl groups is 1. The van der Waals surface area contributed by atoms with Crippen molar-refractivity contribution in [2.75, 3.05) is 5.32 Å². The van der Waals surface area contributed by atoms with Crippen LogP contribution in [0, 0.1) is 0 Å². The fourth-order valence-electron chi connectivity index (χ4n) is 3.64. The van der Waals surface area contributed by atoms with Crippen molar-refractivity contribution < 1.29 is 15.0 Å². The minimum Gasteiger partial charge on any atom is -0.478 e. The lowest BCUT2D eigenvalue weighted by atomic mass is 9.93. The summed E-state index contributed by atoms with van der Waals surface area (Å²) in [4.78, 5) is 15.6. The van der Waals surface area contributed by atoms with E-state index in [4.69, 9.17) is 5.10 Å².